The largest absolute Gasteiger partial charge is 0.456 e. The zero-order valence-corrected chi connectivity index (χ0v) is 25.9. The molecule has 0 saturated carbocycles. The molecule has 0 aliphatic carbocycles. The van der Waals surface area contributed by atoms with Crippen molar-refractivity contribution in [2.75, 3.05) is 9.80 Å². The molecule has 0 unspecified atom stereocenters. The molecule has 0 radical (unpaired) electrons. The van der Waals surface area contributed by atoms with E-state index in [-0.39, 0.29) is 0 Å². The van der Waals surface area contributed by atoms with Gasteiger partial charge >= 0.3 is 12.0 Å². The van der Waals surface area contributed by atoms with Crippen LogP contribution in [0.25, 0.3) is 54.9 Å². The van der Waals surface area contributed by atoms with Crippen LogP contribution in [0, 0.1) is 0 Å². The number of nitrogens with zero attached hydrogens (tertiary/aromatic N) is 5. The molecule has 0 saturated heterocycles. The molecule has 0 aliphatic rings. The van der Waals surface area contributed by atoms with Gasteiger partial charge in [-0.3, -0.25) is 14.8 Å². The molecular weight excluding hydrogens is 610 g/mol. The Labute approximate surface area is 279 Å². The van der Waals surface area contributed by atoms with Crippen LogP contribution in [0.1, 0.15) is 0 Å². The number of fused-ring (bicyclic) bond motifs is 6. The second-order valence-electron chi connectivity index (χ2n) is 11.8. The smallest absolute Gasteiger partial charge is 0.307 e. The van der Waals surface area contributed by atoms with E-state index in [2.05, 4.69) is 47.4 Å². The maximum atomic E-state index is 6.56. The SMILES string of the molecule is c1ccc(N(c2ccc3c(c2)oc2cc4cc(N(c5cccnc5)c5nc6ccccc6o5)ccc4cc23)c2nc3ccccc3o2)cc1. The summed E-state index contributed by atoms with van der Waals surface area (Å²) in [6.07, 6.45) is 3.56. The lowest BCUT2D eigenvalue weighted by molar-refractivity contribution is 0.608. The average molecular weight is 636 g/mol. The molecule has 4 heterocycles. The summed E-state index contributed by atoms with van der Waals surface area (Å²) >= 11 is 0. The van der Waals surface area contributed by atoms with Gasteiger partial charge < -0.3 is 13.3 Å². The van der Waals surface area contributed by atoms with Crippen LogP contribution in [0.15, 0.2) is 165 Å². The van der Waals surface area contributed by atoms with E-state index < -0.39 is 0 Å². The van der Waals surface area contributed by atoms with Crippen LogP contribution in [-0.2, 0) is 0 Å². The molecule has 8 heteroatoms. The third-order valence-corrected chi connectivity index (χ3v) is 8.78. The Hall–Kier alpha value is -6.93. The van der Waals surface area contributed by atoms with Gasteiger partial charge in [-0.15, -0.1) is 0 Å². The Bertz CT molecular complexity index is 2610. The molecule has 0 spiro atoms. The summed E-state index contributed by atoms with van der Waals surface area (Å²) in [7, 11) is 0. The number of aromatic nitrogens is 3. The fraction of sp³-hybridized carbons (Fsp3) is 0. The molecule has 0 atom stereocenters. The maximum absolute atomic E-state index is 6.56. The zero-order valence-electron chi connectivity index (χ0n) is 25.9. The van der Waals surface area contributed by atoms with Gasteiger partial charge in [0.15, 0.2) is 11.2 Å². The van der Waals surface area contributed by atoms with Gasteiger partial charge in [-0.25, -0.2) is 0 Å². The van der Waals surface area contributed by atoms with Crippen LogP contribution in [0.3, 0.4) is 0 Å². The second-order valence-corrected chi connectivity index (χ2v) is 11.8. The van der Waals surface area contributed by atoms with Crippen molar-refractivity contribution >= 4 is 89.7 Å². The Morgan fingerprint density at radius 1 is 0.408 bits per heavy atom. The lowest BCUT2D eigenvalue weighted by atomic mass is 10.0. The van der Waals surface area contributed by atoms with Gasteiger partial charge in [0.2, 0.25) is 0 Å². The van der Waals surface area contributed by atoms with Crippen molar-refractivity contribution < 1.29 is 13.3 Å². The highest BCUT2D eigenvalue weighted by molar-refractivity contribution is 6.11. The molecule has 0 aliphatic heterocycles. The molecule has 232 valence electrons. The molecule has 8 nitrogen and oxygen atoms in total. The molecule has 4 aromatic heterocycles. The molecule has 6 aromatic carbocycles. The highest BCUT2D eigenvalue weighted by Crippen LogP contribution is 2.41. The predicted octanol–water partition coefficient (Wildman–Crippen LogP) is 11.4. The summed E-state index contributed by atoms with van der Waals surface area (Å²) in [4.78, 5) is 18.0. The first kappa shape index (κ1) is 27.2. The number of pyridine rings is 1. The predicted molar refractivity (Wildman–Crippen MR) is 194 cm³/mol. The summed E-state index contributed by atoms with van der Waals surface area (Å²) in [5, 5.41) is 4.17. The molecule has 0 N–H and O–H groups in total. The van der Waals surface area contributed by atoms with E-state index in [0.717, 1.165) is 77.7 Å². The van der Waals surface area contributed by atoms with E-state index >= 15 is 0 Å². The third kappa shape index (κ3) is 4.57. The third-order valence-electron chi connectivity index (χ3n) is 8.78. The first-order chi connectivity index (χ1) is 24.2. The molecular formula is C41H25N5O3. The van der Waals surface area contributed by atoms with E-state index in [1.807, 2.05) is 107 Å². The highest BCUT2D eigenvalue weighted by atomic mass is 16.4. The van der Waals surface area contributed by atoms with Crippen molar-refractivity contribution in [3.05, 3.63) is 152 Å². The van der Waals surface area contributed by atoms with Gasteiger partial charge in [0.25, 0.3) is 0 Å². The molecule has 0 amide bonds. The number of rotatable bonds is 6. The molecule has 0 fully saturated rings. The molecule has 10 rings (SSSR count). The van der Waals surface area contributed by atoms with Gasteiger partial charge in [-0.05, 0) is 95.7 Å². The average Bonchev–Trinajstić information content (AvgIpc) is 3.86. The number of para-hydroxylation sites is 5. The number of hydrogen-bond donors (Lipinski definition) is 0. The van der Waals surface area contributed by atoms with Crippen molar-refractivity contribution in [2.45, 2.75) is 0 Å². The summed E-state index contributed by atoms with van der Waals surface area (Å²) < 4.78 is 19.0. The van der Waals surface area contributed by atoms with Gasteiger partial charge in [-0.2, -0.15) is 9.97 Å². The van der Waals surface area contributed by atoms with Crippen molar-refractivity contribution in [2.24, 2.45) is 0 Å². The second kappa shape index (κ2) is 10.8. The summed E-state index contributed by atoms with van der Waals surface area (Å²) in [5.41, 5.74) is 8.13. The fourth-order valence-electron chi connectivity index (χ4n) is 6.49. The fourth-order valence-corrected chi connectivity index (χ4v) is 6.49. The minimum Gasteiger partial charge on any atom is -0.456 e. The summed E-state index contributed by atoms with van der Waals surface area (Å²) in [5.74, 6) is 0. The van der Waals surface area contributed by atoms with E-state index in [9.17, 15) is 0 Å². The molecule has 10 aromatic rings. The Balaban J connectivity index is 1.09. The standard InChI is InChI=1S/C41H25N5O3/c1-2-9-28(10-3-1)45(40-43-34-12-4-6-14-36(34)48-40)30-18-19-32-33-22-26-16-17-29(21-27(26)23-38(33)47-39(32)24-30)46(31-11-8-20-42-25-31)41-44-35-13-5-7-15-37(35)49-41/h1-25H. The first-order valence-electron chi connectivity index (χ1n) is 15.9. The van der Waals surface area contributed by atoms with Crippen LogP contribution in [0.4, 0.5) is 34.8 Å². The van der Waals surface area contributed by atoms with E-state index in [0.29, 0.717) is 12.0 Å². The van der Waals surface area contributed by atoms with Crippen molar-refractivity contribution in [1.29, 1.82) is 0 Å². The van der Waals surface area contributed by atoms with E-state index in [4.69, 9.17) is 23.2 Å². The number of anilines is 6. The monoisotopic (exact) mass is 635 g/mol. The van der Waals surface area contributed by atoms with Crippen molar-refractivity contribution in [1.82, 2.24) is 15.0 Å². The van der Waals surface area contributed by atoms with Gasteiger partial charge in [0.1, 0.15) is 22.2 Å². The van der Waals surface area contributed by atoms with Gasteiger partial charge in [0, 0.05) is 23.0 Å². The number of oxazole rings is 2. The maximum Gasteiger partial charge on any atom is 0.307 e. The first-order valence-corrected chi connectivity index (χ1v) is 15.9. The molecule has 49 heavy (non-hydrogen) atoms. The highest BCUT2D eigenvalue weighted by Gasteiger charge is 2.22. The quantitative estimate of drug-likeness (QED) is 0.178. The Morgan fingerprint density at radius 3 is 1.76 bits per heavy atom. The summed E-state index contributed by atoms with van der Waals surface area (Å²) in [6.45, 7) is 0. The minimum absolute atomic E-state index is 0.466. The van der Waals surface area contributed by atoms with Crippen molar-refractivity contribution in [3.63, 3.8) is 0 Å². The van der Waals surface area contributed by atoms with E-state index in [1.165, 1.54) is 0 Å². The molecule has 0 bridgehead atoms. The minimum atomic E-state index is 0.466. The topological polar surface area (TPSA) is 84.6 Å². The van der Waals surface area contributed by atoms with Crippen LogP contribution in [-0.4, -0.2) is 15.0 Å². The zero-order chi connectivity index (χ0) is 32.3. The van der Waals surface area contributed by atoms with Crippen LogP contribution < -0.4 is 9.80 Å². The number of hydrogen-bond acceptors (Lipinski definition) is 8. The Kier molecular flexibility index (Phi) is 6.01. The van der Waals surface area contributed by atoms with Gasteiger partial charge in [0.05, 0.1) is 28.9 Å². The van der Waals surface area contributed by atoms with Crippen LogP contribution in [0.5, 0.6) is 0 Å². The summed E-state index contributed by atoms with van der Waals surface area (Å²) in [6, 6.07) is 47.3. The Morgan fingerprint density at radius 2 is 1.04 bits per heavy atom. The normalized spacial score (nSPS) is 11.7. The number of furan rings is 1. The van der Waals surface area contributed by atoms with E-state index in [1.54, 1.807) is 12.4 Å². The number of benzene rings is 6. The van der Waals surface area contributed by atoms with Crippen molar-refractivity contribution in [3.8, 4) is 0 Å². The van der Waals surface area contributed by atoms with Crippen LogP contribution in [0.2, 0.25) is 0 Å². The van der Waals surface area contributed by atoms with Crippen LogP contribution >= 0.6 is 0 Å². The van der Waals surface area contributed by atoms with Gasteiger partial charge in [-0.1, -0.05) is 48.5 Å². The lowest BCUT2D eigenvalue weighted by Crippen LogP contribution is -2.10. The lowest BCUT2D eigenvalue weighted by Gasteiger charge is -2.21.